The monoisotopic (exact) mass is 734 g/mol. The Morgan fingerprint density at radius 2 is 1.25 bits per heavy atom. The van der Waals surface area contributed by atoms with Crippen molar-refractivity contribution in [2.24, 2.45) is 16.7 Å². The normalized spacial score (nSPS) is 35.5. The SMILES string of the molecule is CC(=O)O[C@H]1C[C@@]2(O)[C@H]3OC[C@]4(O)[C@@H](OC(C)=O)C[C@H](OC(=O)c5ccccc5)[C@](C)([C@H]34)[C@@H](OC(=O)c3ccccc3)[C@H](OC(C)=O)C(=C1C)C2(C)C. The van der Waals surface area contributed by atoms with Crippen molar-refractivity contribution in [2.45, 2.75) is 109 Å². The third kappa shape index (κ3) is 6.22. The number of carbonyl (C=O) groups is 5. The van der Waals surface area contributed by atoms with Gasteiger partial charge < -0.3 is 38.6 Å². The van der Waals surface area contributed by atoms with Crippen LogP contribution in [-0.4, -0.2) is 94.5 Å². The van der Waals surface area contributed by atoms with E-state index in [0.717, 1.165) is 0 Å². The Hall–Kier alpha value is -4.59. The molecule has 284 valence electrons. The first kappa shape index (κ1) is 38.1. The lowest BCUT2D eigenvalue weighted by atomic mass is 9.45. The highest BCUT2D eigenvalue weighted by atomic mass is 16.6. The Bertz CT molecular complexity index is 1820. The standard InChI is InChI=1S/C40H46O13/c1-21-27(49-22(2)41)19-40(47)34-32-38(7,33(53-36(45)26-16-12-9-13-17-26)31(51-24(4)43)30(21)37(40,5)6)28(52-35(44)25-14-10-8-11-15-25)18-29(50-23(3)42)39(32,46)20-48-34/h8-17,27-29,31-34,46-47H,18-20H2,1-7H3/t27-,28-,29-,31+,32-,33-,34-,38+,39-,40+/m0/s1. The number of hydrogen-bond donors (Lipinski definition) is 2. The fraction of sp³-hybridized carbons (Fsp3) is 0.525. The topological polar surface area (TPSA) is 181 Å². The van der Waals surface area contributed by atoms with E-state index in [4.69, 9.17) is 28.4 Å². The van der Waals surface area contributed by atoms with Crippen LogP contribution in [0.4, 0.5) is 0 Å². The maximum Gasteiger partial charge on any atom is 0.338 e. The summed E-state index contributed by atoms with van der Waals surface area (Å²) < 4.78 is 36.9. The maximum atomic E-state index is 14.2. The number of aliphatic hydroxyl groups is 2. The van der Waals surface area contributed by atoms with Gasteiger partial charge in [-0.25, -0.2) is 9.59 Å². The Labute approximate surface area is 307 Å². The zero-order valence-corrected chi connectivity index (χ0v) is 30.8. The lowest BCUT2D eigenvalue weighted by molar-refractivity contribution is -0.272. The van der Waals surface area contributed by atoms with E-state index < -0.39 is 101 Å². The Morgan fingerprint density at radius 3 is 1.77 bits per heavy atom. The van der Waals surface area contributed by atoms with Gasteiger partial charge in [0.05, 0.1) is 29.3 Å². The van der Waals surface area contributed by atoms with E-state index in [1.165, 1.54) is 20.8 Å². The minimum Gasteiger partial charge on any atom is -0.459 e. The predicted molar refractivity (Wildman–Crippen MR) is 185 cm³/mol. The molecule has 0 aromatic heterocycles. The number of rotatable bonds is 7. The van der Waals surface area contributed by atoms with Crippen molar-refractivity contribution in [3.63, 3.8) is 0 Å². The third-order valence-electron chi connectivity index (χ3n) is 11.9. The van der Waals surface area contributed by atoms with Crippen LogP contribution in [0, 0.1) is 16.7 Å². The summed E-state index contributed by atoms with van der Waals surface area (Å²) in [7, 11) is 0. The number of carbonyl (C=O) groups excluding carboxylic acids is 5. The fourth-order valence-electron chi connectivity index (χ4n) is 9.45. The second-order valence-corrected chi connectivity index (χ2v) is 15.3. The summed E-state index contributed by atoms with van der Waals surface area (Å²) in [5.74, 6) is -5.04. The van der Waals surface area contributed by atoms with Crippen molar-refractivity contribution in [3.05, 3.63) is 82.9 Å². The smallest absolute Gasteiger partial charge is 0.338 e. The van der Waals surface area contributed by atoms with Crippen molar-refractivity contribution in [2.75, 3.05) is 6.61 Å². The molecule has 0 radical (unpaired) electrons. The molecule has 3 fully saturated rings. The van der Waals surface area contributed by atoms with Crippen LogP contribution in [-0.2, 0) is 42.8 Å². The number of hydrogen-bond acceptors (Lipinski definition) is 13. The molecule has 3 aliphatic carbocycles. The molecule has 2 saturated carbocycles. The number of ether oxygens (including phenoxy) is 6. The first-order valence-electron chi connectivity index (χ1n) is 17.7. The van der Waals surface area contributed by atoms with Gasteiger partial charge in [-0.3, -0.25) is 14.4 Å². The molecule has 13 nitrogen and oxygen atoms in total. The van der Waals surface area contributed by atoms with Crippen molar-refractivity contribution in [1.82, 2.24) is 0 Å². The van der Waals surface area contributed by atoms with Gasteiger partial charge in [-0.2, -0.15) is 0 Å². The quantitative estimate of drug-likeness (QED) is 0.238. The van der Waals surface area contributed by atoms with E-state index in [1.807, 2.05) is 0 Å². The molecule has 1 heterocycles. The first-order chi connectivity index (χ1) is 24.9. The van der Waals surface area contributed by atoms with Gasteiger partial charge in [-0.1, -0.05) is 57.2 Å². The fourth-order valence-corrected chi connectivity index (χ4v) is 9.45. The van der Waals surface area contributed by atoms with Crippen LogP contribution in [0.1, 0.15) is 82.0 Å². The van der Waals surface area contributed by atoms with Crippen molar-refractivity contribution < 1.29 is 62.6 Å². The Morgan fingerprint density at radius 1 is 0.717 bits per heavy atom. The van der Waals surface area contributed by atoms with Crippen LogP contribution in [0.15, 0.2) is 71.8 Å². The number of esters is 5. The Balaban J connectivity index is 1.67. The molecule has 10 atom stereocenters. The molecule has 2 N–H and O–H groups in total. The molecule has 0 unspecified atom stereocenters. The van der Waals surface area contributed by atoms with Crippen LogP contribution in [0.2, 0.25) is 0 Å². The summed E-state index contributed by atoms with van der Waals surface area (Å²) in [4.78, 5) is 66.3. The molecule has 1 saturated heterocycles. The average Bonchev–Trinajstić information content (AvgIpc) is 3.47. The minimum atomic E-state index is -2.06. The van der Waals surface area contributed by atoms with Gasteiger partial charge >= 0.3 is 29.8 Å². The van der Waals surface area contributed by atoms with Crippen LogP contribution in [0.3, 0.4) is 0 Å². The zero-order chi connectivity index (χ0) is 38.7. The lowest BCUT2D eigenvalue weighted by Crippen LogP contribution is -2.76. The number of fused-ring (bicyclic) bond motifs is 3. The van der Waals surface area contributed by atoms with E-state index in [0.29, 0.717) is 11.1 Å². The zero-order valence-electron chi connectivity index (χ0n) is 30.8. The molecular weight excluding hydrogens is 688 g/mol. The van der Waals surface area contributed by atoms with Gasteiger partial charge in [-0.15, -0.1) is 0 Å². The van der Waals surface area contributed by atoms with E-state index >= 15 is 0 Å². The van der Waals surface area contributed by atoms with Gasteiger partial charge in [-0.05, 0) is 42.3 Å². The summed E-state index contributed by atoms with van der Waals surface area (Å²) in [6, 6.07) is 16.3. The van der Waals surface area contributed by atoms with Crippen LogP contribution >= 0.6 is 0 Å². The summed E-state index contributed by atoms with van der Waals surface area (Å²) in [6.07, 6.45) is -8.53. The molecule has 2 aromatic carbocycles. The molecule has 0 amide bonds. The van der Waals surface area contributed by atoms with Gasteiger partial charge in [0, 0.05) is 44.9 Å². The molecule has 6 rings (SSSR count). The summed E-state index contributed by atoms with van der Waals surface area (Å²) >= 11 is 0. The highest BCUT2D eigenvalue weighted by Crippen LogP contribution is 2.66. The van der Waals surface area contributed by atoms with E-state index in [9.17, 15) is 34.2 Å². The Kier molecular flexibility index (Phi) is 9.84. The molecule has 13 heteroatoms. The molecule has 53 heavy (non-hydrogen) atoms. The molecule has 1 aliphatic heterocycles. The highest BCUT2D eigenvalue weighted by molar-refractivity contribution is 5.90. The molecule has 2 aromatic rings. The van der Waals surface area contributed by atoms with E-state index in [2.05, 4.69) is 0 Å². The summed E-state index contributed by atoms with van der Waals surface area (Å²) in [6.45, 7) is 9.89. The van der Waals surface area contributed by atoms with Crippen molar-refractivity contribution in [1.29, 1.82) is 0 Å². The third-order valence-corrected chi connectivity index (χ3v) is 11.9. The van der Waals surface area contributed by atoms with Crippen LogP contribution in [0.25, 0.3) is 0 Å². The number of benzene rings is 2. The minimum absolute atomic E-state index is 0.156. The van der Waals surface area contributed by atoms with Gasteiger partial charge in [0.2, 0.25) is 0 Å². The second-order valence-electron chi connectivity index (χ2n) is 15.3. The second kappa shape index (κ2) is 13.7. The first-order valence-corrected chi connectivity index (χ1v) is 17.7. The van der Waals surface area contributed by atoms with Crippen molar-refractivity contribution >= 4 is 29.8 Å². The molecule has 2 bridgehead atoms. The van der Waals surface area contributed by atoms with Crippen molar-refractivity contribution in [3.8, 4) is 0 Å². The largest absolute Gasteiger partial charge is 0.459 e. The van der Waals surface area contributed by atoms with Gasteiger partial charge in [0.25, 0.3) is 0 Å². The molecular formula is C40H46O13. The van der Waals surface area contributed by atoms with Crippen LogP contribution in [0.5, 0.6) is 0 Å². The molecule has 0 spiro atoms. The van der Waals surface area contributed by atoms with E-state index in [1.54, 1.807) is 88.4 Å². The highest BCUT2D eigenvalue weighted by Gasteiger charge is 2.78. The molecule has 4 aliphatic rings. The van der Waals surface area contributed by atoms with Gasteiger partial charge in [0.15, 0.2) is 12.2 Å². The summed E-state index contributed by atoms with van der Waals surface area (Å²) in [5.41, 5.74) is -6.04. The average molecular weight is 735 g/mol. The van der Waals surface area contributed by atoms with Gasteiger partial charge in [0.1, 0.15) is 29.5 Å². The maximum absolute atomic E-state index is 14.2. The van der Waals surface area contributed by atoms with E-state index in [-0.39, 0.29) is 24.0 Å². The van der Waals surface area contributed by atoms with Crippen LogP contribution < -0.4 is 0 Å². The lowest BCUT2D eigenvalue weighted by Gasteiger charge is -2.64. The predicted octanol–water partition coefficient (Wildman–Crippen LogP) is 3.88. The summed E-state index contributed by atoms with van der Waals surface area (Å²) in [5, 5.41) is 26.0.